The molecule has 0 unspecified atom stereocenters. The molecule has 0 radical (unpaired) electrons. The molecule has 1 aromatic heterocycles. The molecule has 1 aromatic rings. The maximum Gasteiger partial charge on any atom is 0.395 e. The first kappa shape index (κ1) is 10.7. The summed E-state index contributed by atoms with van der Waals surface area (Å²) in [6.45, 7) is 0. The number of aromatic nitrogens is 2. The molecule has 0 aromatic carbocycles. The van der Waals surface area contributed by atoms with Gasteiger partial charge in [0.2, 0.25) is 0 Å². The van der Waals surface area contributed by atoms with Crippen LogP contribution in [0.25, 0.3) is 0 Å². The Labute approximate surface area is 81.7 Å². The van der Waals surface area contributed by atoms with Gasteiger partial charge in [-0.2, -0.15) is 13.2 Å². The van der Waals surface area contributed by atoms with E-state index in [1.807, 2.05) is 0 Å². The maximum absolute atomic E-state index is 11.8. The number of alkyl halides is 4. The van der Waals surface area contributed by atoms with Crippen molar-refractivity contribution in [3.8, 4) is 0 Å². The van der Waals surface area contributed by atoms with Crippen molar-refractivity contribution in [2.45, 2.75) is 19.0 Å². The van der Waals surface area contributed by atoms with Crippen LogP contribution in [0.4, 0.5) is 13.2 Å². The molecule has 1 heterocycles. The van der Waals surface area contributed by atoms with E-state index in [1.54, 1.807) is 0 Å². The van der Waals surface area contributed by atoms with E-state index in [2.05, 4.69) is 10.2 Å². The van der Waals surface area contributed by atoms with Crippen molar-refractivity contribution in [3.63, 3.8) is 0 Å². The Morgan fingerprint density at radius 3 is 2.38 bits per heavy atom. The molecular formula is C6H6ClF3N2S. The van der Waals surface area contributed by atoms with Crippen molar-refractivity contribution in [1.29, 1.82) is 0 Å². The number of hydrogen-bond acceptors (Lipinski definition) is 3. The lowest BCUT2D eigenvalue weighted by molar-refractivity contribution is -0.127. The third-order valence-electron chi connectivity index (χ3n) is 1.17. The van der Waals surface area contributed by atoms with Gasteiger partial charge in [0, 0.05) is 12.3 Å². The summed E-state index contributed by atoms with van der Waals surface area (Å²) < 4.78 is 35.5. The predicted octanol–water partition coefficient (Wildman–Crippen LogP) is 2.42. The Balaban J connectivity index is 2.59. The van der Waals surface area contributed by atoms with Gasteiger partial charge in [0.05, 0.1) is 6.42 Å². The third-order valence-corrected chi connectivity index (χ3v) is 2.34. The molecule has 0 fully saturated rings. The molecule has 7 heteroatoms. The minimum atomic E-state index is -4.21. The number of nitrogens with zero attached hydrogens (tertiary/aromatic N) is 2. The fourth-order valence-electron chi connectivity index (χ4n) is 0.713. The minimum absolute atomic E-state index is 0.00684. The van der Waals surface area contributed by atoms with Crippen LogP contribution < -0.4 is 0 Å². The summed E-state index contributed by atoms with van der Waals surface area (Å²) in [5.74, 6) is 0.348. The van der Waals surface area contributed by atoms with E-state index >= 15 is 0 Å². The van der Waals surface area contributed by atoms with Crippen LogP contribution in [0.1, 0.15) is 10.0 Å². The minimum Gasteiger partial charge on any atom is -0.171 e. The van der Waals surface area contributed by atoms with Gasteiger partial charge in [-0.15, -0.1) is 33.1 Å². The maximum atomic E-state index is 11.8. The van der Waals surface area contributed by atoms with E-state index in [0.29, 0.717) is 17.3 Å². The SMILES string of the molecule is FC(F)(F)Cc1nnc(CCCl)s1. The molecule has 2 nitrogen and oxygen atoms in total. The van der Waals surface area contributed by atoms with Gasteiger partial charge < -0.3 is 0 Å². The highest BCUT2D eigenvalue weighted by Gasteiger charge is 2.29. The smallest absolute Gasteiger partial charge is 0.171 e. The molecule has 0 atom stereocenters. The lowest BCUT2D eigenvalue weighted by Gasteiger charge is -2.00. The standard InChI is InChI=1S/C6H6ClF3N2S/c7-2-1-4-11-12-5(13-4)3-6(8,9)10/h1-3H2. The molecule has 0 bridgehead atoms. The van der Waals surface area contributed by atoms with Crippen LogP contribution in [0.5, 0.6) is 0 Å². The molecule has 1 rings (SSSR count). The van der Waals surface area contributed by atoms with Gasteiger partial charge in [-0.1, -0.05) is 0 Å². The van der Waals surface area contributed by atoms with Gasteiger partial charge in [0.25, 0.3) is 0 Å². The van der Waals surface area contributed by atoms with Gasteiger partial charge in [0.1, 0.15) is 10.0 Å². The molecule has 74 valence electrons. The van der Waals surface area contributed by atoms with Crippen LogP contribution in [0.3, 0.4) is 0 Å². The lowest BCUT2D eigenvalue weighted by Crippen LogP contribution is -2.11. The summed E-state index contributed by atoms with van der Waals surface area (Å²) in [5, 5.41) is 7.53. The fraction of sp³-hybridized carbons (Fsp3) is 0.667. The highest BCUT2D eigenvalue weighted by molar-refractivity contribution is 7.11. The first-order chi connectivity index (χ1) is 6.01. The second kappa shape index (κ2) is 4.23. The lowest BCUT2D eigenvalue weighted by atomic mass is 10.4. The third kappa shape index (κ3) is 3.91. The average Bonchev–Trinajstić information content (AvgIpc) is 2.33. The molecule has 0 aliphatic heterocycles. The van der Waals surface area contributed by atoms with Gasteiger partial charge in [-0.3, -0.25) is 0 Å². The van der Waals surface area contributed by atoms with Crippen LogP contribution in [0.2, 0.25) is 0 Å². The van der Waals surface area contributed by atoms with E-state index in [0.717, 1.165) is 11.3 Å². The predicted molar refractivity (Wildman–Crippen MR) is 44.1 cm³/mol. The van der Waals surface area contributed by atoms with Gasteiger partial charge in [-0.25, -0.2) is 0 Å². The zero-order chi connectivity index (χ0) is 9.90. The van der Waals surface area contributed by atoms with Crippen molar-refractivity contribution < 1.29 is 13.2 Å². The zero-order valence-electron chi connectivity index (χ0n) is 6.44. The Kier molecular flexibility index (Phi) is 3.49. The fourth-order valence-corrected chi connectivity index (χ4v) is 1.88. The summed E-state index contributed by atoms with van der Waals surface area (Å²) >= 11 is 6.35. The molecule has 0 aliphatic rings. The summed E-state index contributed by atoms with van der Waals surface area (Å²) in [4.78, 5) is 0. The number of rotatable bonds is 3. The summed E-state index contributed by atoms with van der Waals surface area (Å²) in [5.41, 5.74) is 0. The Bertz CT molecular complexity index is 273. The van der Waals surface area contributed by atoms with Crippen LogP contribution in [0, 0.1) is 0 Å². The zero-order valence-corrected chi connectivity index (χ0v) is 8.01. The second-order valence-electron chi connectivity index (χ2n) is 2.32. The molecule has 0 saturated carbocycles. The molecule has 0 amide bonds. The van der Waals surface area contributed by atoms with Crippen molar-refractivity contribution in [3.05, 3.63) is 10.0 Å². The quantitative estimate of drug-likeness (QED) is 0.746. The van der Waals surface area contributed by atoms with Crippen molar-refractivity contribution in [1.82, 2.24) is 10.2 Å². The van der Waals surface area contributed by atoms with E-state index < -0.39 is 12.6 Å². The van der Waals surface area contributed by atoms with Crippen LogP contribution in [-0.2, 0) is 12.8 Å². The van der Waals surface area contributed by atoms with E-state index in [4.69, 9.17) is 11.6 Å². The normalized spacial score (nSPS) is 12.0. The summed E-state index contributed by atoms with van der Waals surface area (Å²) in [6, 6.07) is 0. The Morgan fingerprint density at radius 2 is 1.85 bits per heavy atom. The largest absolute Gasteiger partial charge is 0.395 e. The molecule has 0 saturated heterocycles. The number of hydrogen-bond donors (Lipinski definition) is 0. The number of aryl methyl sites for hydroxylation is 1. The first-order valence-corrected chi connectivity index (χ1v) is 4.80. The molecule has 0 aliphatic carbocycles. The van der Waals surface area contributed by atoms with Crippen LogP contribution in [-0.4, -0.2) is 22.3 Å². The Morgan fingerprint density at radius 1 is 1.23 bits per heavy atom. The van der Waals surface area contributed by atoms with Crippen LogP contribution >= 0.6 is 22.9 Å². The van der Waals surface area contributed by atoms with Gasteiger partial charge in [-0.05, 0) is 0 Å². The molecule has 0 spiro atoms. The molecule has 13 heavy (non-hydrogen) atoms. The van der Waals surface area contributed by atoms with E-state index in [9.17, 15) is 13.2 Å². The monoisotopic (exact) mass is 230 g/mol. The van der Waals surface area contributed by atoms with Crippen molar-refractivity contribution >= 4 is 22.9 Å². The first-order valence-electron chi connectivity index (χ1n) is 3.45. The van der Waals surface area contributed by atoms with Crippen molar-refractivity contribution in [2.75, 3.05) is 5.88 Å². The Hall–Kier alpha value is -0.360. The van der Waals surface area contributed by atoms with Gasteiger partial charge >= 0.3 is 6.18 Å². The molecular weight excluding hydrogens is 225 g/mol. The topological polar surface area (TPSA) is 25.8 Å². The van der Waals surface area contributed by atoms with Crippen LogP contribution in [0.15, 0.2) is 0 Å². The second-order valence-corrected chi connectivity index (χ2v) is 3.85. The highest BCUT2D eigenvalue weighted by Crippen LogP contribution is 2.23. The van der Waals surface area contributed by atoms with Gasteiger partial charge in [0.15, 0.2) is 0 Å². The number of halogens is 4. The highest BCUT2D eigenvalue weighted by atomic mass is 35.5. The van der Waals surface area contributed by atoms with E-state index in [-0.39, 0.29) is 5.01 Å². The molecule has 0 N–H and O–H groups in total. The van der Waals surface area contributed by atoms with Crippen molar-refractivity contribution in [2.24, 2.45) is 0 Å². The van der Waals surface area contributed by atoms with E-state index in [1.165, 1.54) is 0 Å². The summed E-state index contributed by atoms with van der Waals surface area (Å²) in [6.07, 6.45) is -4.75. The summed E-state index contributed by atoms with van der Waals surface area (Å²) in [7, 11) is 0. The average molecular weight is 231 g/mol.